The van der Waals surface area contributed by atoms with E-state index in [-0.39, 0.29) is 11.2 Å². The fourth-order valence-electron chi connectivity index (χ4n) is 0.0485. The molecular formula is CHF2NOS2. The van der Waals surface area contributed by atoms with E-state index in [9.17, 15) is 13.1 Å². The van der Waals surface area contributed by atoms with Gasteiger partial charge in [-0.15, -0.1) is 4.39 Å². The van der Waals surface area contributed by atoms with Gasteiger partial charge in [0.1, 0.15) is 11.2 Å². The highest BCUT2D eigenvalue weighted by molar-refractivity contribution is 8.74. The summed E-state index contributed by atoms with van der Waals surface area (Å²) in [5, 5.41) is 0. The van der Waals surface area contributed by atoms with Crippen molar-refractivity contribution in [2.45, 2.75) is 0 Å². The summed E-state index contributed by atoms with van der Waals surface area (Å²) in [7, 11) is 0.292. The Bertz CT molecular complexity index is 68.7. The summed E-state index contributed by atoms with van der Waals surface area (Å²) in [6.45, 7) is 0. The van der Waals surface area contributed by atoms with Crippen LogP contribution in [0, 0.1) is 0 Å². The van der Waals surface area contributed by atoms with Gasteiger partial charge < -0.3 is 0 Å². The zero-order valence-electron chi connectivity index (χ0n) is 2.98. The standard InChI is InChI=1S/CHF2NOS2/c2-1(5)4-7-6-3/h(H,4,5). The number of carbonyl (C=O) groups excluding carboxylic acids is 1. The van der Waals surface area contributed by atoms with Crippen LogP contribution in [0.4, 0.5) is 13.1 Å². The van der Waals surface area contributed by atoms with Crippen LogP contribution in [0.3, 0.4) is 0 Å². The van der Waals surface area contributed by atoms with E-state index >= 15 is 0 Å². The van der Waals surface area contributed by atoms with Crippen LogP contribution in [-0.2, 0) is 0 Å². The predicted molar refractivity (Wildman–Crippen MR) is 25.9 cm³/mol. The first-order valence-corrected chi connectivity index (χ1v) is 3.22. The van der Waals surface area contributed by atoms with Crippen molar-refractivity contribution in [1.82, 2.24) is 4.72 Å². The van der Waals surface area contributed by atoms with Crippen LogP contribution in [0.5, 0.6) is 0 Å². The number of nitrogens with one attached hydrogen (secondary N) is 1. The summed E-state index contributed by atoms with van der Waals surface area (Å²) >= 11 is -0.225. The highest BCUT2D eigenvalue weighted by atomic mass is 33.1. The molecule has 0 bridgehead atoms. The largest absolute Gasteiger partial charge is 0.408 e. The fraction of sp³-hybridized carbons (Fsp3) is 0. The molecule has 0 radical (unpaired) electrons. The second kappa shape index (κ2) is 4.20. The maximum atomic E-state index is 10.9. The van der Waals surface area contributed by atoms with Gasteiger partial charge in [-0.1, -0.05) is 0 Å². The van der Waals surface area contributed by atoms with Crippen molar-refractivity contribution in [2.75, 3.05) is 0 Å². The SMILES string of the molecule is O=C(F)NSSF. The third kappa shape index (κ3) is 6.03. The van der Waals surface area contributed by atoms with Crippen molar-refractivity contribution < 1.29 is 13.1 Å². The molecule has 0 atom stereocenters. The molecule has 1 amide bonds. The first kappa shape index (κ1) is 7.03. The molecule has 0 heterocycles. The lowest BCUT2D eigenvalue weighted by Gasteiger charge is -1.84. The molecule has 0 rings (SSSR count). The number of hydrogen-bond acceptors (Lipinski definition) is 3. The van der Waals surface area contributed by atoms with Crippen molar-refractivity contribution in [3.8, 4) is 0 Å². The third-order valence-electron chi connectivity index (χ3n) is 0.153. The molecule has 0 unspecified atom stereocenters. The summed E-state index contributed by atoms with van der Waals surface area (Å²) in [4.78, 5) is 9.22. The van der Waals surface area contributed by atoms with Crippen molar-refractivity contribution in [2.24, 2.45) is 0 Å². The van der Waals surface area contributed by atoms with E-state index < -0.39 is 6.16 Å². The molecule has 0 aliphatic carbocycles. The van der Waals surface area contributed by atoms with Gasteiger partial charge in [0.25, 0.3) is 0 Å². The van der Waals surface area contributed by atoms with Crippen molar-refractivity contribution in [3.63, 3.8) is 0 Å². The molecule has 0 aromatic carbocycles. The molecule has 42 valence electrons. The van der Waals surface area contributed by atoms with Crippen LogP contribution in [-0.4, -0.2) is 6.16 Å². The average Bonchev–Trinajstić information content (AvgIpc) is 1.61. The first-order valence-electron chi connectivity index (χ1n) is 1.17. The minimum absolute atomic E-state index is 0.225. The molecule has 0 aromatic heterocycles. The summed E-state index contributed by atoms with van der Waals surface area (Å²) < 4.78 is 23.3. The summed E-state index contributed by atoms with van der Waals surface area (Å²) in [5.41, 5.74) is 0. The van der Waals surface area contributed by atoms with E-state index in [1.54, 1.807) is 0 Å². The second-order valence-electron chi connectivity index (χ2n) is 0.522. The van der Waals surface area contributed by atoms with Gasteiger partial charge in [0.15, 0.2) is 0 Å². The highest BCUT2D eigenvalue weighted by Crippen LogP contribution is 2.16. The number of halogens is 2. The maximum absolute atomic E-state index is 10.9. The Morgan fingerprint density at radius 3 is 2.43 bits per heavy atom. The van der Waals surface area contributed by atoms with Gasteiger partial charge in [0.05, 0.1) is 11.0 Å². The van der Waals surface area contributed by atoms with Gasteiger partial charge in [-0.25, -0.2) is 4.79 Å². The molecular weight excluding hydrogens is 144 g/mol. The Balaban J connectivity index is 2.82. The predicted octanol–water partition coefficient (Wildman–Crippen LogP) is 1.85. The van der Waals surface area contributed by atoms with E-state index in [0.29, 0.717) is 11.0 Å². The van der Waals surface area contributed by atoms with Crippen molar-refractivity contribution >= 4 is 28.3 Å². The Hall–Kier alpha value is 0.0300. The smallest absolute Gasteiger partial charge is 0.260 e. The molecule has 0 saturated carbocycles. The molecule has 0 spiro atoms. The molecule has 0 fully saturated rings. The highest BCUT2D eigenvalue weighted by Gasteiger charge is 1.92. The number of amides is 1. The van der Waals surface area contributed by atoms with Gasteiger partial charge in [-0.2, -0.15) is 3.89 Å². The maximum Gasteiger partial charge on any atom is 0.408 e. The van der Waals surface area contributed by atoms with E-state index in [0.717, 1.165) is 0 Å². The average molecular weight is 145 g/mol. The zero-order valence-corrected chi connectivity index (χ0v) is 4.61. The molecule has 0 aromatic rings. The summed E-state index contributed by atoms with van der Waals surface area (Å²) in [6, 6.07) is 0. The van der Waals surface area contributed by atoms with Crippen LogP contribution in [0.15, 0.2) is 0 Å². The monoisotopic (exact) mass is 145 g/mol. The van der Waals surface area contributed by atoms with Crippen LogP contribution in [0.25, 0.3) is 0 Å². The number of hydrogen-bond donors (Lipinski definition) is 1. The normalized spacial score (nSPS) is 8.29. The van der Waals surface area contributed by atoms with Gasteiger partial charge in [-0.05, 0) is 0 Å². The minimum atomic E-state index is -1.74. The van der Waals surface area contributed by atoms with Gasteiger partial charge in [0, 0.05) is 0 Å². The van der Waals surface area contributed by atoms with Crippen LogP contribution >= 0.6 is 22.2 Å². The number of carbonyl (C=O) groups is 1. The lowest BCUT2D eigenvalue weighted by molar-refractivity contribution is 0.228. The van der Waals surface area contributed by atoms with E-state index in [4.69, 9.17) is 0 Å². The molecule has 0 aliphatic rings. The lowest BCUT2D eigenvalue weighted by Crippen LogP contribution is -2.03. The third-order valence-corrected chi connectivity index (χ3v) is 0.899. The molecule has 2 nitrogen and oxygen atoms in total. The van der Waals surface area contributed by atoms with Crippen LogP contribution in [0.1, 0.15) is 0 Å². The van der Waals surface area contributed by atoms with Gasteiger partial charge in [0.2, 0.25) is 0 Å². The van der Waals surface area contributed by atoms with Crippen LogP contribution < -0.4 is 4.72 Å². The summed E-state index contributed by atoms with van der Waals surface area (Å²) in [5.74, 6) is 0. The van der Waals surface area contributed by atoms with Gasteiger partial charge in [-0.3, -0.25) is 4.72 Å². The lowest BCUT2D eigenvalue weighted by atomic mass is 11.4. The van der Waals surface area contributed by atoms with E-state index in [1.807, 2.05) is 0 Å². The van der Waals surface area contributed by atoms with E-state index in [2.05, 4.69) is 0 Å². The molecule has 1 N–H and O–H groups in total. The Morgan fingerprint density at radius 2 is 2.29 bits per heavy atom. The zero-order chi connectivity index (χ0) is 5.70. The van der Waals surface area contributed by atoms with Gasteiger partial charge >= 0.3 is 6.16 Å². The summed E-state index contributed by atoms with van der Waals surface area (Å²) in [6.07, 6.45) is -1.74. The molecule has 0 aliphatic heterocycles. The van der Waals surface area contributed by atoms with Crippen molar-refractivity contribution in [3.05, 3.63) is 0 Å². The Labute approximate surface area is 46.9 Å². The quantitative estimate of drug-likeness (QED) is 0.278. The fourth-order valence-corrected chi connectivity index (χ4v) is 0.437. The first-order chi connectivity index (χ1) is 3.27. The van der Waals surface area contributed by atoms with Crippen LogP contribution in [0.2, 0.25) is 0 Å². The second-order valence-corrected chi connectivity index (χ2v) is 1.90. The molecule has 0 saturated heterocycles. The topological polar surface area (TPSA) is 29.1 Å². The molecule has 6 heteroatoms. The molecule has 7 heavy (non-hydrogen) atoms. The Morgan fingerprint density at radius 1 is 1.71 bits per heavy atom. The Kier molecular flexibility index (Phi) is 4.21. The minimum Gasteiger partial charge on any atom is -0.260 e. The number of rotatable bonds is 2. The van der Waals surface area contributed by atoms with Crippen molar-refractivity contribution in [1.29, 1.82) is 0 Å². The van der Waals surface area contributed by atoms with E-state index in [1.165, 1.54) is 4.72 Å².